The molecule has 1 heterocycles. The first-order valence-electron chi connectivity index (χ1n) is 6.61. The van der Waals surface area contributed by atoms with Gasteiger partial charge < -0.3 is 10.6 Å². The molecule has 1 amide bonds. The predicted octanol–water partition coefficient (Wildman–Crippen LogP) is 2.08. The number of carbonyl (C=O) groups excluding carboxylic acids is 1. The molecule has 0 unspecified atom stereocenters. The maximum atomic E-state index is 13.4. The average Bonchev–Trinajstić information content (AvgIpc) is 2.40. The normalized spacial score (nSPS) is 16.3. The van der Waals surface area contributed by atoms with E-state index in [1.807, 2.05) is 0 Å². The molecular weight excluding hydrogens is 250 g/mol. The standard InChI is InChI=1S/C14H18F2N2O/c15-11-2-1-3-12(16)13(11)14(19)18-9-6-10-4-7-17-8-5-10/h1-3,10,17H,4-9H2,(H,18,19). The smallest absolute Gasteiger partial charge is 0.257 e. The van der Waals surface area contributed by atoms with Gasteiger partial charge in [0.25, 0.3) is 5.91 Å². The summed E-state index contributed by atoms with van der Waals surface area (Å²) in [4.78, 5) is 11.7. The maximum Gasteiger partial charge on any atom is 0.257 e. The Bertz CT molecular complexity index is 425. The molecule has 0 radical (unpaired) electrons. The summed E-state index contributed by atoms with van der Waals surface area (Å²) in [6.07, 6.45) is 3.03. The Kier molecular flexibility index (Phi) is 4.85. The topological polar surface area (TPSA) is 41.1 Å². The van der Waals surface area contributed by atoms with E-state index in [4.69, 9.17) is 0 Å². The van der Waals surface area contributed by atoms with Crippen LogP contribution in [0.15, 0.2) is 18.2 Å². The van der Waals surface area contributed by atoms with E-state index in [2.05, 4.69) is 10.6 Å². The van der Waals surface area contributed by atoms with Crippen molar-refractivity contribution in [1.29, 1.82) is 0 Å². The molecule has 104 valence electrons. The van der Waals surface area contributed by atoms with Gasteiger partial charge in [0, 0.05) is 6.54 Å². The number of benzene rings is 1. The third kappa shape index (κ3) is 3.73. The van der Waals surface area contributed by atoms with Gasteiger partial charge in [0.05, 0.1) is 0 Å². The van der Waals surface area contributed by atoms with Crippen LogP contribution in [0, 0.1) is 17.6 Å². The molecule has 1 saturated heterocycles. The summed E-state index contributed by atoms with van der Waals surface area (Å²) in [5, 5.41) is 5.86. The number of rotatable bonds is 4. The number of hydrogen-bond donors (Lipinski definition) is 2. The summed E-state index contributed by atoms with van der Waals surface area (Å²) in [5.41, 5.74) is -0.493. The van der Waals surface area contributed by atoms with Gasteiger partial charge in [0.1, 0.15) is 17.2 Å². The summed E-state index contributed by atoms with van der Waals surface area (Å²) >= 11 is 0. The first-order chi connectivity index (χ1) is 9.18. The lowest BCUT2D eigenvalue weighted by molar-refractivity contribution is 0.0942. The molecule has 3 nitrogen and oxygen atoms in total. The average molecular weight is 268 g/mol. The zero-order valence-corrected chi connectivity index (χ0v) is 10.7. The number of nitrogens with one attached hydrogen (secondary N) is 2. The largest absolute Gasteiger partial charge is 0.352 e. The minimum absolute atomic E-state index is 0.456. The lowest BCUT2D eigenvalue weighted by Gasteiger charge is -2.22. The third-order valence-corrected chi connectivity index (χ3v) is 3.49. The number of hydrogen-bond acceptors (Lipinski definition) is 2. The number of piperidine rings is 1. The molecule has 0 spiro atoms. The maximum absolute atomic E-state index is 13.4. The first-order valence-corrected chi connectivity index (χ1v) is 6.61. The van der Waals surface area contributed by atoms with Gasteiger partial charge in [0.2, 0.25) is 0 Å². The Hall–Kier alpha value is -1.49. The molecule has 5 heteroatoms. The number of carbonyl (C=O) groups is 1. The lowest BCUT2D eigenvalue weighted by Crippen LogP contribution is -2.32. The van der Waals surface area contributed by atoms with Crippen LogP contribution >= 0.6 is 0 Å². The molecule has 0 atom stereocenters. The van der Waals surface area contributed by atoms with Gasteiger partial charge in [-0.25, -0.2) is 8.78 Å². The van der Waals surface area contributed by atoms with Crippen molar-refractivity contribution in [3.05, 3.63) is 35.4 Å². The molecule has 1 fully saturated rings. The Labute approximate surface area is 111 Å². The molecule has 2 rings (SSSR count). The fourth-order valence-electron chi connectivity index (χ4n) is 2.36. The molecule has 0 aromatic heterocycles. The zero-order chi connectivity index (χ0) is 13.7. The number of amides is 1. The third-order valence-electron chi connectivity index (χ3n) is 3.49. The van der Waals surface area contributed by atoms with Crippen molar-refractivity contribution < 1.29 is 13.6 Å². The quantitative estimate of drug-likeness (QED) is 0.878. The van der Waals surface area contributed by atoms with Gasteiger partial charge in [0.15, 0.2) is 0 Å². The van der Waals surface area contributed by atoms with Crippen molar-refractivity contribution in [2.75, 3.05) is 19.6 Å². The van der Waals surface area contributed by atoms with Crippen molar-refractivity contribution in [2.45, 2.75) is 19.3 Å². The first kappa shape index (κ1) is 13.9. The summed E-state index contributed by atoms with van der Waals surface area (Å²) in [5.74, 6) is -1.74. The summed E-state index contributed by atoms with van der Waals surface area (Å²) < 4.78 is 26.7. The van der Waals surface area contributed by atoms with Crippen LogP contribution in [0.25, 0.3) is 0 Å². The fraction of sp³-hybridized carbons (Fsp3) is 0.500. The molecule has 1 aromatic rings. The van der Waals surface area contributed by atoms with Crippen molar-refractivity contribution in [3.8, 4) is 0 Å². The summed E-state index contributed by atoms with van der Waals surface area (Å²) in [6, 6.07) is 3.42. The Balaban J connectivity index is 1.84. The highest BCUT2D eigenvalue weighted by atomic mass is 19.1. The molecule has 2 N–H and O–H groups in total. The molecule has 1 aliphatic heterocycles. The Morgan fingerprint density at radius 2 is 1.89 bits per heavy atom. The van der Waals surface area contributed by atoms with Crippen LogP contribution in [0.5, 0.6) is 0 Å². The van der Waals surface area contributed by atoms with E-state index < -0.39 is 23.1 Å². The van der Waals surface area contributed by atoms with Crippen molar-refractivity contribution >= 4 is 5.91 Å². The molecule has 1 aliphatic rings. The second kappa shape index (κ2) is 6.61. The molecule has 0 aliphatic carbocycles. The molecule has 1 aromatic carbocycles. The molecule has 0 bridgehead atoms. The van der Waals surface area contributed by atoms with Gasteiger partial charge >= 0.3 is 0 Å². The molecule has 19 heavy (non-hydrogen) atoms. The van der Waals surface area contributed by atoms with Crippen LogP contribution in [0.4, 0.5) is 8.78 Å². The van der Waals surface area contributed by atoms with Crippen LogP contribution in [0.2, 0.25) is 0 Å². The van der Waals surface area contributed by atoms with E-state index in [1.54, 1.807) is 0 Å². The minimum Gasteiger partial charge on any atom is -0.352 e. The number of halogens is 2. The monoisotopic (exact) mass is 268 g/mol. The second-order valence-electron chi connectivity index (χ2n) is 4.83. The second-order valence-corrected chi connectivity index (χ2v) is 4.83. The van der Waals surface area contributed by atoms with Gasteiger partial charge in [-0.05, 0) is 50.4 Å². The molecule has 0 saturated carbocycles. The van der Waals surface area contributed by atoms with E-state index in [-0.39, 0.29) is 0 Å². The van der Waals surface area contributed by atoms with Gasteiger partial charge in [-0.2, -0.15) is 0 Å². The van der Waals surface area contributed by atoms with Crippen LogP contribution in [-0.2, 0) is 0 Å². The van der Waals surface area contributed by atoms with E-state index in [9.17, 15) is 13.6 Å². The van der Waals surface area contributed by atoms with Crippen LogP contribution in [0.3, 0.4) is 0 Å². The Morgan fingerprint density at radius 1 is 1.26 bits per heavy atom. The summed E-state index contributed by atoms with van der Waals surface area (Å²) in [6.45, 7) is 2.46. The van der Waals surface area contributed by atoms with E-state index >= 15 is 0 Å². The minimum atomic E-state index is -0.820. The van der Waals surface area contributed by atoms with Crippen LogP contribution in [0.1, 0.15) is 29.6 Å². The van der Waals surface area contributed by atoms with Crippen molar-refractivity contribution in [1.82, 2.24) is 10.6 Å². The Morgan fingerprint density at radius 3 is 2.53 bits per heavy atom. The molecular formula is C14H18F2N2O. The SMILES string of the molecule is O=C(NCCC1CCNCC1)c1c(F)cccc1F. The van der Waals surface area contributed by atoms with E-state index in [1.165, 1.54) is 6.07 Å². The van der Waals surface area contributed by atoms with E-state index in [0.29, 0.717) is 12.5 Å². The summed E-state index contributed by atoms with van der Waals surface area (Å²) in [7, 11) is 0. The highest BCUT2D eigenvalue weighted by molar-refractivity contribution is 5.94. The van der Waals surface area contributed by atoms with Crippen LogP contribution < -0.4 is 10.6 Å². The van der Waals surface area contributed by atoms with Crippen LogP contribution in [-0.4, -0.2) is 25.5 Å². The van der Waals surface area contributed by atoms with Gasteiger partial charge in [-0.15, -0.1) is 0 Å². The highest BCUT2D eigenvalue weighted by Crippen LogP contribution is 2.15. The van der Waals surface area contributed by atoms with Gasteiger partial charge in [-0.3, -0.25) is 4.79 Å². The lowest BCUT2D eigenvalue weighted by atomic mass is 9.95. The van der Waals surface area contributed by atoms with Crippen molar-refractivity contribution in [3.63, 3.8) is 0 Å². The van der Waals surface area contributed by atoms with Gasteiger partial charge in [-0.1, -0.05) is 6.07 Å². The predicted molar refractivity (Wildman–Crippen MR) is 68.9 cm³/mol. The highest BCUT2D eigenvalue weighted by Gasteiger charge is 2.17. The van der Waals surface area contributed by atoms with E-state index in [0.717, 1.165) is 44.5 Å². The zero-order valence-electron chi connectivity index (χ0n) is 10.7. The van der Waals surface area contributed by atoms with Crippen molar-refractivity contribution in [2.24, 2.45) is 5.92 Å². The fourth-order valence-corrected chi connectivity index (χ4v) is 2.36.